The highest BCUT2D eigenvalue weighted by Gasteiger charge is 2.39. The van der Waals surface area contributed by atoms with E-state index in [2.05, 4.69) is 55.6 Å². The lowest BCUT2D eigenvalue weighted by Gasteiger charge is -2.33. The molecule has 1 aromatic heterocycles. The van der Waals surface area contributed by atoms with Crippen LogP contribution in [0.4, 0.5) is 23.1 Å². The summed E-state index contributed by atoms with van der Waals surface area (Å²) in [6.45, 7) is 8.72. The van der Waals surface area contributed by atoms with Gasteiger partial charge in [-0.2, -0.15) is 4.98 Å². The molecule has 2 saturated heterocycles. The molecule has 15 heteroatoms. The van der Waals surface area contributed by atoms with Gasteiger partial charge in [-0.05, 0) is 132 Å². The quantitative estimate of drug-likeness (QED) is 0.0704. The molecule has 2 fully saturated rings. The van der Waals surface area contributed by atoms with E-state index in [1.165, 1.54) is 11.8 Å². The van der Waals surface area contributed by atoms with Gasteiger partial charge in [0.15, 0.2) is 15.7 Å². The Morgan fingerprint density at radius 3 is 2.53 bits per heavy atom. The first-order chi connectivity index (χ1) is 28.8. The monoisotopic (exact) mass is 851 g/mol. The van der Waals surface area contributed by atoms with Crippen molar-refractivity contribution in [2.75, 3.05) is 37.4 Å². The van der Waals surface area contributed by atoms with Crippen LogP contribution >= 0.6 is 11.6 Å². The van der Waals surface area contributed by atoms with Crippen LogP contribution in [0.1, 0.15) is 97.3 Å². The molecule has 1 unspecified atom stereocenters. The maximum absolute atomic E-state index is 13.1. The van der Waals surface area contributed by atoms with Crippen molar-refractivity contribution in [3.8, 4) is 17.6 Å². The number of methoxy groups -OCH3 is 1. The zero-order chi connectivity index (χ0) is 42.6. The number of aryl methyl sites for hydroxylation is 1. The van der Waals surface area contributed by atoms with E-state index in [-0.39, 0.29) is 39.9 Å². The molecule has 314 valence electrons. The number of nitrogens with one attached hydrogen (secondary N) is 3. The number of fused-ring (bicyclic) bond motifs is 1. The molecule has 13 nitrogen and oxygen atoms in total. The number of imide groups is 1. The molecule has 60 heavy (non-hydrogen) atoms. The lowest BCUT2D eigenvalue weighted by Crippen LogP contribution is -2.52. The summed E-state index contributed by atoms with van der Waals surface area (Å²) < 4.78 is 31.9. The molecule has 3 aliphatic heterocycles. The third-order valence-corrected chi connectivity index (χ3v) is 14.0. The second-order valence-electron chi connectivity index (χ2n) is 15.7. The summed E-state index contributed by atoms with van der Waals surface area (Å²) in [6, 6.07) is 15.7. The van der Waals surface area contributed by atoms with Crippen LogP contribution in [0.25, 0.3) is 0 Å². The number of piperidine rings is 2. The first-order valence-electron chi connectivity index (χ1n) is 20.4. The molecule has 0 spiro atoms. The van der Waals surface area contributed by atoms with Crippen LogP contribution in [0.3, 0.4) is 0 Å². The molecule has 0 saturated carbocycles. The predicted octanol–water partition coefficient (Wildman–Crippen LogP) is 7.28. The Morgan fingerprint density at radius 2 is 1.78 bits per heavy atom. The van der Waals surface area contributed by atoms with Gasteiger partial charge in [0.25, 0.3) is 5.91 Å². The minimum absolute atomic E-state index is 0.168. The van der Waals surface area contributed by atoms with Crippen molar-refractivity contribution in [1.29, 1.82) is 0 Å². The van der Waals surface area contributed by atoms with Crippen molar-refractivity contribution < 1.29 is 27.5 Å². The fourth-order valence-corrected chi connectivity index (χ4v) is 9.46. The van der Waals surface area contributed by atoms with E-state index >= 15 is 0 Å². The molecule has 0 bridgehead atoms. The summed E-state index contributed by atoms with van der Waals surface area (Å²) in [5.74, 6) is 7.28. The third-order valence-electron chi connectivity index (χ3n) is 11.5. The van der Waals surface area contributed by atoms with Crippen molar-refractivity contribution in [2.24, 2.45) is 0 Å². The number of para-hydroxylation sites is 1. The van der Waals surface area contributed by atoms with Crippen molar-refractivity contribution in [3.63, 3.8) is 0 Å². The summed E-state index contributed by atoms with van der Waals surface area (Å²) in [5.41, 5.74) is 5.71. The van der Waals surface area contributed by atoms with Crippen LogP contribution in [0.5, 0.6) is 5.75 Å². The molecule has 0 radical (unpaired) electrons. The van der Waals surface area contributed by atoms with Crippen molar-refractivity contribution >= 4 is 62.3 Å². The third kappa shape index (κ3) is 9.28. The first-order valence-corrected chi connectivity index (χ1v) is 22.3. The van der Waals surface area contributed by atoms with E-state index in [1.807, 2.05) is 18.2 Å². The van der Waals surface area contributed by atoms with Gasteiger partial charge in [0, 0.05) is 30.5 Å². The number of hydrogen-bond donors (Lipinski definition) is 3. The maximum atomic E-state index is 13.1. The predicted molar refractivity (Wildman–Crippen MR) is 232 cm³/mol. The summed E-state index contributed by atoms with van der Waals surface area (Å²) in [7, 11) is -1.93. The highest BCUT2D eigenvalue weighted by atomic mass is 35.5. The number of rotatable bonds is 13. The van der Waals surface area contributed by atoms with Crippen LogP contribution in [0, 0.1) is 18.8 Å². The van der Waals surface area contributed by atoms with Gasteiger partial charge in [-0.25, -0.2) is 13.4 Å². The summed E-state index contributed by atoms with van der Waals surface area (Å²) in [6.07, 6.45) is 6.85. The number of hydrogen-bond acceptors (Lipinski definition) is 11. The highest BCUT2D eigenvalue weighted by molar-refractivity contribution is 7.92. The summed E-state index contributed by atoms with van der Waals surface area (Å²) in [4.78, 5) is 50.4. The molecule has 4 aromatic rings. The lowest BCUT2D eigenvalue weighted by atomic mass is 9.86. The molecule has 3 amide bonds. The number of halogens is 1. The average Bonchev–Trinajstić information content (AvgIpc) is 3.57. The van der Waals surface area contributed by atoms with Crippen molar-refractivity contribution in [3.05, 3.63) is 93.6 Å². The van der Waals surface area contributed by atoms with E-state index < -0.39 is 27.0 Å². The Morgan fingerprint density at radius 1 is 1.00 bits per heavy atom. The fraction of sp³-hybridized carbons (Fsp3) is 0.400. The molecule has 3 N–H and O–H groups in total. The zero-order valence-corrected chi connectivity index (χ0v) is 35.9. The second-order valence-corrected chi connectivity index (χ2v) is 18.6. The van der Waals surface area contributed by atoms with Gasteiger partial charge in [0.1, 0.15) is 16.8 Å². The number of carbonyl (C=O) groups is 3. The van der Waals surface area contributed by atoms with Crippen LogP contribution < -0.4 is 20.7 Å². The van der Waals surface area contributed by atoms with Gasteiger partial charge in [-0.1, -0.05) is 41.6 Å². The standard InChI is InChI=1S/C45H50ClN7O6S/c1-28(2)60(57,58)40-16-9-8-15-36(40)48-42-35(46)26-47-45(51-42)49-37-24-29(3)33(25-39(37)59-4)31-19-22-52(23-20-31)21-10-6-5-7-12-30-13-11-14-32-34(30)27-53(44(32)56)38-17-18-41(54)50-43(38)55/h8-9,11,13-16,24-26,28,31,38H,5-6,10,17-23,27H2,1-4H3,(H,50,54,55)(H2,47,48,49,51). The van der Waals surface area contributed by atoms with Gasteiger partial charge in [0.2, 0.25) is 17.8 Å². The number of likely N-dealkylation sites (tertiary alicyclic amines) is 1. The summed E-state index contributed by atoms with van der Waals surface area (Å²) in [5, 5.41) is 8.37. The maximum Gasteiger partial charge on any atom is 0.255 e. The van der Waals surface area contributed by atoms with Crippen LogP contribution in [-0.2, 0) is 26.0 Å². The number of anilines is 4. The minimum atomic E-state index is -3.56. The number of benzene rings is 3. The van der Waals surface area contributed by atoms with Gasteiger partial charge in [0.05, 0.1) is 34.8 Å². The number of amides is 3. The summed E-state index contributed by atoms with van der Waals surface area (Å²) >= 11 is 6.47. The number of unbranched alkanes of at least 4 members (excludes halogenated alkanes) is 2. The lowest BCUT2D eigenvalue weighted by molar-refractivity contribution is -0.136. The van der Waals surface area contributed by atoms with Crippen LogP contribution in [-0.4, -0.2) is 83.9 Å². The number of ether oxygens (including phenoxy) is 1. The Labute approximate surface area is 356 Å². The Bertz CT molecular complexity index is 2480. The fourth-order valence-electron chi connectivity index (χ4n) is 8.12. The van der Waals surface area contributed by atoms with E-state index in [9.17, 15) is 22.8 Å². The highest BCUT2D eigenvalue weighted by Crippen LogP contribution is 2.38. The van der Waals surface area contributed by atoms with E-state index in [4.69, 9.17) is 16.3 Å². The molecule has 4 heterocycles. The van der Waals surface area contributed by atoms with Gasteiger partial charge in [-0.15, -0.1) is 0 Å². The smallest absolute Gasteiger partial charge is 0.255 e. The number of carbonyl (C=O) groups excluding carboxylic acids is 3. The normalized spacial score (nSPS) is 17.3. The number of aromatic nitrogens is 2. The molecule has 1 atom stereocenters. The molecule has 3 aromatic carbocycles. The van der Waals surface area contributed by atoms with Gasteiger partial charge < -0.3 is 25.2 Å². The van der Waals surface area contributed by atoms with E-state index in [0.717, 1.165) is 68.4 Å². The molecule has 0 aliphatic carbocycles. The Kier molecular flexibility index (Phi) is 13.1. The average molecular weight is 852 g/mol. The SMILES string of the molecule is COc1cc(C2CCN(CCCCC#Cc3cccc4c3CN(C3CCC(=O)NC3=O)C4=O)CC2)c(C)cc1Nc1ncc(Cl)c(Nc2ccccc2S(=O)(=O)C(C)C)n1. The minimum Gasteiger partial charge on any atom is -0.495 e. The molecular formula is C45H50ClN7O6S. The largest absolute Gasteiger partial charge is 0.495 e. The number of nitrogens with zero attached hydrogens (tertiary/aromatic N) is 4. The van der Waals surface area contributed by atoms with Gasteiger partial charge in [-0.3, -0.25) is 19.7 Å². The number of sulfone groups is 1. The van der Waals surface area contributed by atoms with Crippen molar-refractivity contribution in [2.45, 2.75) is 94.4 Å². The second kappa shape index (κ2) is 18.4. The molecule has 3 aliphatic rings. The Balaban J connectivity index is 0.906. The van der Waals surface area contributed by atoms with E-state index in [0.29, 0.717) is 41.6 Å². The van der Waals surface area contributed by atoms with Crippen LogP contribution in [0.2, 0.25) is 5.02 Å². The Hall–Kier alpha value is -5.49. The van der Waals surface area contributed by atoms with Crippen molar-refractivity contribution in [1.82, 2.24) is 25.1 Å². The molecular weight excluding hydrogens is 802 g/mol. The topological polar surface area (TPSA) is 163 Å². The van der Waals surface area contributed by atoms with Crippen LogP contribution in [0.15, 0.2) is 65.7 Å². The zero-order valence-electron chi connectivity index (χ0n) is 34.3. The first kappa shape index (κ1) is 42.6. The van der Waals surface area contributed by atoms with E-state index in [1.54, 1.807) is 56.2 Å². The van der Waals surface area contributed by atoms with Gasteiger partial charge >= 0.3 is 0 Å². The molecule has 7 rings (SSSR count).